The molecule has 30 heavy (non-hydrogen) atoms. The Balaban J connectivity index is 1.38. The lowest BCUT2D eigenvalue weighted by atomic mass is 9.93. The molecular weight excluding hydrogens is 378 g/mol. The number of hydrogen-bond donors (Lipinski definition) is 0. The van der Waals surface area contributed by atoms with Crippen molar-refractivity contribution in [3.63, 3.8) is 0 Å². The average molecular weight is 406 g/mol. The number of aromatic nitrogens is 3. The predicted molar refractivity (Wildman–Crippen MR) is 119 cm³/mol. The summed E-state index contributed by atoms with van der Waals surface area (Å²) in [7, 11) is 0. The molecule has 7 nitrogen and oxygen atoms in total. The van der Waals surface area contributed by atoms with Crippen molar-refractivity contribution in [2.24, 2.45) is 5.92 Å². The Morgan fingerprint density at radius 3 is 2.50 bits per heavy atom. The molecular formula is C23H27N5O2. The average Bonchev–Trinajstić information content (AvgIpc) is 2.76. The number of hydrogen-bond acceptors (Lipinski definition) is 7. The number of carbonyl (C=O) groups excluding carboxylic acids is 1. The van der Waals surface area contributed by atoms with Crippen molar-refractivity contribution in [3.8, 4) is 5.88 Å². The zero-order chi connectivity index (χ0) is 21.1. The highest BCUT2D eigenvalue weighted by atomic mass is 16.5. The zero-order valence-electron chi connectivity index (χ0n) is 17.3. The van der Waals surface area contributed by atoms with Gasteiger partial charge in [0, 0.05) is 31.4 Å². The topological polar surface area (TPSA) is 71.5 Å². The van der Waals surface area contributed by atoms with Crippen LogP contribution in [0.3, 0.4) is 0 Å². The standard InChI is InChI=1S/C23H27N5O2/c1-4-17-6-7-21(26-20(17)5-2)28-14-19(15-28)30-23-22(24-10-11-25-23)27-12-8-18(9-13-27)16(3)29/h4-7,10-11,18-19H,1-2,8-9,12-15H2,3H3. The summed E-state index contributed by atoms with van der Waals surface area (Å²) >= 11 is 0. The molecule has 4 rings (SSSR count). The van der Waals surface area contributed by atoms with Crippen LogP contribution in [0.1, 0.15) is 31.0 Å². The fourth-order valence-corrected chi connectivity index (χ4v) is 3.96. The smallest absolute Gasteiger partial charge is 0.258 e. The summed E-state index contributed by atoms with van der Waals surface area (Å²) in [6.07, 6.45) is 8.60. The van der Waals surface area contributed by atoms with Gasteiger partial charge in [0.05, 0.1) is 18.8 Å². The van der Waals surface area contributed by atoms with E-state index in [1.165, 1.54) is 0 Å². The highest BCUT2D eigenvalue weighted by Gasteiger charge is 2.32. The van der Waals surface area contributed by atoms with Gasteiger partial charge in [-0.25, -0.2) is 15.0 Å². The molecule has 2 saturated heterocycles. The Bertz CT molecular complexity index is 946. The Kier molecular flexibility index (Phi) is 5.79. The highest BCUT2D eigenvalue weighted by molar-refractivity contribution is 5.78. The van der Waals surface area contributed by atoms with Gasteiger partial charge in [0.1, 0.15) is 17.7 Å². The summed E-state index contributed by atoms with van der Waals surface area (Å²) in [5, 5.41) is 0. The van der Waals surface area contributed by atoms with Gasteiger partial charge in [-0.05, 0) is 43.5 Å². The molecule has 4 heterocycles. The van der Waals surface area contributed by atoms with E-state index >= 15 is 0 Å². The van der Waals surface area contributed by atoms with Crippen LogP contribution in [0.5, 0.6) is 5.88 Å². The molecule has 7 heteroatoms. The van der Waals surface area contributed by atoms with Crippen molar-refractivity contribution < 1.29 is 9.53 Å². The maximum absolute atomic E-state index is 11.6. The first-order valence-corrected chi connectivity index (χ1v) is 10.3. The minimum absolute atomic E-state index is 0.0308. The molecule has 2 aliphatic rings. The van der Waals surface area contributed by atoms with Gasteiger partial charge >= 0.3 is 0 Å². The molecule has 0 amide bonds. The highest BCUT2D eigenvalue weighted by Crippen LogP contribution is 2.30. The summed E-state index contributed by atoms with van der Waals surface area (Å²) in [5.74, 6) is 2.66. The van der Waals surface area contributed by atoms with Crippen molar-refractivity contribution >= 4 is 29.6 Å². The molecule has 0 spiro atoms. The normalized spacial score (nSPS) is 17.4. The van der Waals surface area contributed by atoms with Crippen molar-refractivity contribution in [3.05, 3.63) is 48.9 Å². The number of rotatable bonds is 7. The lowest BCUT2D eigenvalue weighted by Crippen LogP contribution is -2.54. The maximum atomic E-state index is 11.6. The number of carbonyl (C=O) groups is 1. The van der Waals surface area contributed by atoms with Gasteiger partial charge in [0.2, 0.25) is 0 Å². The summed E-state index contributed by atoms with van der Waals surface area (Å²) < 4.78 is 6.17. The predicted octanol–water partition coefficient (Wildman–Crippen LogP) is 3.23. The molecule has 2 fully saturated rings. The van der Waals surface area contributed by atoms with Crippen LogP contribution < -0.4 is 14.5 Å². The number of ether oxygens (including phenoxy) is 1. The fraction of sp³-hybridized carbons (Fsp3) is 0.391. The first-order chi connectivity index (χ1) is 14.6. The summed E-state index contributed by atoms with van der Waals surface area (Å²) in [4.78, 5) is 29.6. The number of Topliss-reactive ketones (excluding diaryl/α,β-unsaturated/α-hetero) is 1. The molecule has 0 aromatic carbocycles. The van der Waals surface area contributed by atoms with Crippen molar-refractivity contribution in [2.75, 3.05) is 36.0 Å². The number of piperidine rings is 1. The fourth-order valence-electron chi connectivity index (χ4n) is 3.96. The van der Waals surface area contributed by atoms with E-state index in [1.807, 2.05) is 12.1 Å². The molecule has 0 aliphatic carbocycles. The quantitative estimate of drug-likeness (QED) is 0.700. The van der Waals surface area contributed by atoms with Gasteiger partial charge in [-0.1, -0.05) is 19.2 Å². The first kappa shape index (κ1) is 20.1. The van der Waals surface area contributed by atoms with Gasteiger partial charge in [-0.2, -0.15) is 0 Å². The largest absolute Gasteiger partial charge is 0.468 e. The minimum Gasteiger partial charge on any atom is -0.468 e. The van der Waals surface area contributed by atoms with E-state index in [1.54, 1.807) is 31.5 Å². The monoisotopic (exact) mass is 405 g/mol. The van der Waals surface area contributed by atoms with Gasteiger partial charge in [0.25, 0.3) is 5.88 Å². The van der Waals surface area contributed by atoms with Gasteiger partial charge < -0.3 is 14.5 Å². The van der Waals surface area contributed by atoms with E-state index in [0.29, 0.717) is 5.88 Å². The van der Waals surface area contributed by atoms with Crippen LogP contribution in [0.4, 0.5) is 11.6 Å². The van der Waals surface area contributed by atoms with Gasteiger partial charge in [-0.3, -0.25) is 4.79 Å². The molecule has 2 aromatic rings. The van der Waals surface area contributed by atoms with E-state index in [0.717, 1.165) is 61.9 Å². The third-order valence-corrected chi connectivity index (χ3v) is 5.82. The van der Waals surface area contributed by atoms with Crippen LogP contribution in [-0.4, -0.2) is 53.0 Å². The summed E-state index contributed by atoms with van der Waals surface area (Å²) in [6, 6.07) is 4.00. The third-order valence-electron chi connectivity index (χ3n) is 5.82. The van der Waals surface area contributed by atoms with Gasteiger partial charge in [-0.15, -0.1) is 0 Å². The second kappa shape index (κ2) is 8.65. The summed E-state index contributed by atoms with van der Waals surface area (Å²) in [5.41, 5.74) is 1.80. The van der Waals surface area contributed by atoms with E-state index in [2.05, 4.69) is 37.9 Å². The second-order valence-electron chi connectivity index (χ2n) is 7.75. The molecule has 0 N–H and O–H groups in total. The van der Waals surface area contributed by atoms with E-state index in [4.69, 9.17) is 4.74 Å². The lowest BCUT2D eigenvalue weighted by molar-refractivity contribution is -0.121. The molecule has 0 saturated carbocycles. The van der Waals surface area contributed by atoms with Crippen molar-refractivity contribution in [1.82, 2.24) is 15.0 Å². The van der Waals surface area contributed by atoms with E-state index < -0.39 is 0 Å². The Morgan fingerprint density at radius 2 is 1.83 bits per heavy atom. The summed E-state index contributed by atoms with van der Waals surface area (Å²) in [6.45, 7) is 12.4. The molecule has 0 atom stereocenters. The SMILES string of the molecule is C=Cc1ccc(N2CC(Oc3nccnc3N3CCC(C(C)=O)CC3)C2)nc1C=C. The number of pyridine rings is 1. The van der Waals surface area contributed by atoms with Crippen LogP contribution in [0, 0.1) is 5.92 Å². The molecule has 2 aliphatic heterocycles. The maximum Gasteiger partial charge on any atom is 0.258 e. The van der Waals surface area contributed by atoms with Gasteiger partial charge in [0.15, 0.2) is 5.82 Å². The minimum atomic E-state index is 0.0308. The van der Waals surface area contributed by atoms with Crippen molar-refractivity contribution in [2.45, 2.75) is 25.9 Å². The zero-order valence-corrected chi connectivity index (χ0v) is 17.3. The lowest BCUT2D eigenvalue weighted by Gasteiger charge is -2.40. The van der Waals surface area contributed by atoms with Crippen LogP contribution >= 0.6 is 0 Å². The van der Waals surface area contributed by atoms with Crippen LogP contribution in [0.15, 0.2) is 37.7 Å². The third kappa shape index (κ3) is 4.06. The molecule has 0 unspecified atom stereocenters. The number of nitrogens with zero attached hydrogens (tertiary/aromatic N) is 5. The van der Waals surface area contributed by atoms with E-state index in [9.17, 15) is 4.79 Å². The first-order valence-electron chi connectivity index (χ1n) is 10.3. The molecule has 156 valence electrons. The number of ketones is 1. The number of anilines is 2. The Hall–Kier alpha value is -3.22. The molecule has 2 aromatic heterocycles. The Morgan fingerprint density at radius 1 is 1.10 bits per heavy atom. The van der Waals surface area contributed by atoms with Crippen molar-refractivity contribution in [1.29, 1.82) is 0 Å². The van der Waals surface area contributed by atoms with E-state index in [-0.39, 0.29) is 17.8 Å². The van der Waals surface area contributed by atoms with Crippen LogP contribution in [0.2, 0.25) is 0 Å². The molecule has 0 bridgehead atoms. The Labute approximate surface area is 177 Å². The second-order valence-corrected chi connectivity index (χ2v) is 7.75. The molecule has 0 radical (unpaired) electrons. The van der Waals surface area contributed by atoms with Crippen LogP contribution in [-0.2, 0) is 4.79 Å². The van der Waals surface area contributed by atoms with Crippen LogP contribution in [0.25, 0.3) is 12.2 Å².